The summed E-state index contributed by atoms with van der Waals surface area (Å²) >= 11 is 1.38. The van der Waals surface area contributed by atoms with Gasteiger partial charge in [0.1, 0.15) is 16.4 Å². The minimum Gasteiger partial charge on any atom is -0.457 e. The predicted molar refractivity (Wildman–Crippen MR) is 130 cm³/mol. The largest absolute Gasteiger partial charge is 0.457 e. The molecular weight excluding hydrogens is 472 g/mol. The molecule has 1 aliphatic heterocycles. The van der Waals surface area contributed by atoms with E-state index in [1.165, 1.54) is 34.1 Å². The molecule has 174 valence electrons. The molecule has 1 aliphatic rings. The van der Waals surface area contributed by atoms with Gasteiger partial charge < -0.3 is 10.1 Å². The molecule has 2 aromatic carbocycles. The van der Waals surface area contributed by atoms with Crippen molar-refractivity contribution in [2.45, 2.75) is 17.7 Å². The Bertz CT molecular complexity index is 1400. The number of nitrogens with zero attached hydrogens (tertiary/aromatic N) is 3. The van der Waals surface area contributed by atoms with Gasteiger partial charge in [-0.2, -0.15) is 4.31 Å². The monoisotopic (exact) mass is 494 g/mol. The van der Waals surface area contributed by atoms with E-state index in [4.69, 9.17) is 4.74 Å². The number of benzene rings is 2. The topological polar surface area (TPSA) is 101 Å². The van der Waals surface area contributed by atoms with Gasteiger partial charge in [-0.15, -0.1) is 0 Å². The van der Waals surface area contributed by atoms with E-state index in [2.05, 4.69) is 15.3 Å². The number of anilines is 1. The van der Waals surface area contributed by atoms with E-state index in [0.29, 0.717) is 23.7 Å². The van der Waals surface area contributed by atoms with Crippen LogP contribution in [0.2, 0.25) is 0 Å². The Balaban J connectivity index is 1.21. The Morgan fingerprint density at radius 3 is 2.56 bits per heavy atom. The van der Waals surface area contributed by atoms with Crippen LogP contribution in [0, 0.1) is 5.92 Å². The summed E-state index contributed by atoms with van der Waals surface area (Å²) in [5, 5.41) is 3.42. The number of carbonyl (C=O) groups excluding carboxylic acids is 1. The van der Waals surface area contributed by atoms with E-state index in [0.717, 1.165) is 16.0 Å². The average molecular weight is 495 g/mol. The zero-order chi connectivity index (χ0) is 23.5. The molecule has 1 amide bonds. The number of hydrogen-bond donors (Lipinski definition) is 1. The Hall–Kier alpha value is -3.34. The molecule has 1 fully saturated rings. The molecule has 0 bridgehead atoms. The maximum absolute atomic E-state index is 12.8. The number of rotatable bonds is 6. The van der Waals surface area contributed by atoms with Gasteiger partial charge in [0.15, 0.2) is 5.13 Å². The number of hydrogen-bond acceptors (Lipinski definition) is 7. The fraction of sp³-hybridized carbons (Fsp3) is 0.208. The van der Waals surface area contributed by atoms with Crippen LogP contribution in [0.1, 0.15) is 12.8 Å². The normalized spacial score (nSPS) is 15.3. The summed E-state index contributed by atoms with van der Waals surface area (Å²) in [5.74, 6) is 1.03. The number of thiazole rings is 1. The summed E-state index contributed by atoms with van der Waals surface area (Å²) in [7, 11) is -3.60. The SMILES string of the molecule is O=C(Nc1nc2ccc(Oc3ccccc3)cc2s1)C1CCN(S(=O)(=O)c2cccnc2)CC1. The Labute approximate surface area is 201 Å². The zero-order valence-corrected chi connectivity index (χ0v) is 19.8. The number of aromatic nitrogens is 2. The number of pyridine rings is 1. The molecule has 10 heteroatoms. The highest BCUT2D eigenvalue weighted by Gasteiger charge is 2.32. The van der Waals surface area contributed by atoms with Crippen molar-refractivity contribution < 1.29 is 17.9 Å². The van der Waals surface area contributed by atoms with Crippen molar-refractivity contribution in [2.24, 2.45) is 5.92 Å². The quantitative estimate of drug-likeness (QED) is 0.423. The lowest BCUT2D eigenvalue weighted by Gasteiger charge is -2.30. The van der Waals surface area contributed by atoms with Crippen LogP contribution in [0.25, 0.3) is 10.2 Å². The molecule has 0 aliphatic carbocycles. The Morgan fingerprint density at radius 2 is 1.82 bits per heavy atom. The molecule has 0 spiro atoms. The molecule has 0 saturated carbocycles. The van der Waals surface area contributed by atoms with Crippen LogP contribution >= 0.6 is 11.3 Å². The highest BCUT2D eigenvalue weighted by atomic mass is 32.2. The zero-order valence-electron chi connectivity index (χ0n) is 18.1. The fourth-order valence-electron chi connectivity index (χ4n) is 3.86. The molecule has 8 nitrogen and oxygen atoms in total. The van der Waals surface area contributed by atoms with Gasteiger partial charge in [0.25, 0.3) is 0 Å². The van der Waals surface area contributed by atoms with E-state index in [9.17, 15) is 13.2 Å². The first-order chi connectivity index (χ1) is 16.5. The smallest absolute Gasteiger partial charge is 0.244 e. The molecule has 0 radical (unpaired) electrons. The van der Waals surface area contributed by atoms with Gasteiger partial charge in [0, 0.05) is 37.5 Å². The number of piperidine rings is 1. The van der Waals surface area contributed by atoms with Gasteiger partial charge >= 0.3 is 0 Å². The number of fused-ring (bicyclic) bond motifs is 1. The number of ether oxygens (including phenoxy) is 1. The Morgan fingerprint density at radius 1 is 1.03 bits per heavy atom. The second-order valence-corrected chi connectivity index (χ2v) is 10.9. The molecule has 0 unspecified atom stereocenters. The third kappa shape index (κ3) is 4.79. The lowest BCUT2D eigenvalue weighted by molar-refractivity contribution is -0.120. The van der Waals surface area contributed by atoms with Crippen molar-refractivity contribution in [1.82, 2.24) is 14.3 Å². The van der Waals surface area contributed by atoms with Crippen LogP contribution in [0.5, 0.6) is 11.5 Å². The summed E-state index contributed by atoms with van der Waals surface area (Å²) in [5.41, 5.74) is 0.776. The maximum atomic E-state index is 12.8. The van der Waals surface area contributed by atoms with E-state index < -0.39 is 10.0 Å². The van der Waals surface area contributed by atoms with Crippen LogP contribution in [0.15, 0.2) is 78.0 Å². The first-order valence-electron chi connectivity index (χ1n) is 10.8. The molecule has 4 aromatic rings. The molecule has 1 saturated heterocycles. The van der Waals surface area contributed by atoms with E-state index >= 15 is 0 Å². The van der Waals surface area contributed by atoms with Gasteiger partial charge in [-0.3, -0.25) is 9.78 Å². The van der Waals surface area contributed by atoms with Crippen LogP contribution in [-0.4, -0.2) is 41.7 Å². The van der Waals surface area contributed by atoms with Crippen molar-refractivity contribution in [1.29, 1.82) is 0 Å². The van der Waals surface area contributed by atoms with Crippen molar-refractivity contribution in [3.8, 4) is 11.5 Å². The standard InChI is InChI=1S/C24H22N4O4S2/c29-23(17-10-13-28(14-11-17)34(30,31)20-7-4-12-25-16-20)27-24-26-21-9-8-19(15-22(21)33-24)32-18-5-2-1-3-6-18/h1-9,12,15-17H,10-11,13-14H2,(H,26,27,29). The molecule has 1 N–H and O–H groups in total. The minimum absolute atomic E-state index is 0.141. The third-order valence-electron chi connectivity index (χ3n) is 5.67. The molecular formula is C24H22N4O4S2. The predicted octanol–water partition coefficient (Wildman–Crippen LogP) is 4.52. The third-order valence-corrected chi connectivity index (χ3v) is 8.48. The van der Waals surface area contributed by atoms with E-state index in [-0.39, 0.29) is 29.8 Å². The lowest BCUT2D eigenvalue weighted by atomic mass is 9.97. The summed E-state index contributed by atoms with van der Waals surface area (Å²) in [6, 6.07) is 18.3. The van der Waals surface area contributed by atoms with E-state index in [1.54, 1.807) is 6.07 Å². The first kappa shape index (κ1) is 22.5. The van der Waals surface area contributed by atoms with Gasteiger partial charge in [-0.25, -0.2) is 13.4 Å². The van der Waals surface area contributed by atoms with Crippen LogP contribution < -0.4 is 10.1 Å². The van der Waals surface area contributed by atoms with Gasteiger partial charge in [0.05, 0.1) is 10.2 Å². The second-order valence-electron chi connectivity index (χ2n) is 7.92. The lowest BCUT2D eigenvalue weighted by Crippen LogP contribution is -2.41. The van der Waals surface area contributed by atoms with Gasteiger partial charge in [0.2, 0.25) is 15.9 Å². The summed E-state index contributed by atoms with van der Waals surface area (Å²) < 4.78 is 33.7. The average Bonchev–Trinajstić information content (AvgIpc) is 3.27. The number of nitrogens with one attached hydrogen (secondary N) is 1. The molecule has 0 atom stereocenters. The molecule has 5 rings (SSSR count). The van der Waals surface area contributed by atoms with Crippen LogP contribution in [0.4, 0.5) is 5.13 Å². The van der Waals surface area contributed by atoms with Gasteiger partial charge in [-0.05, 0) is 49.2 Å². The Kier molecular flexibility index (Phi) is 6.27. The number of carbonyl (C=O) groups is 1. The maximum Gasteiger partial charge on any atom is 0.244 e. The fourth-order valence-corrected chi connectivity index (χ4v) is 6.19. The number of amides is 1. The molecule has 3 heterocycles. The van der Waals surface area contributed by atoms with E-state index in [1.807, 2.05) is 48.5 Å². The summed E-state index contributed by atoms with van der Waals surface area (Å²) in [6.07, 6.45) is 3.78. The van der Waals surface area contributed by atoms with Crippen molar-refractivity contribution >= 4 is 42.6 Å². The van der Waals surface area contributed by atoms with Gasteiger partial charge in [-0.1, -0.05) is 29.5 Å². The molecule has 34 heavy (non-hydrogen) atoms. The number of sulfonamides is 1. The minimum atomic E-state index is -3.60. The van der Waals surface area contributed by atoms with Crippen molar-refractivity contribution in [2.75, 3.05) is 18.4 Å². The first-order valence-corrected chi connectivity index (χ1v) is 13.1. The highest BCUT2D eigenvalue weighted by molar-refractivity contribution is 7.89. The van der Waals surface area contributed by atoms with Crippen LogP contribution in [0.3, 0.4) is 0 Å². The molecule has 2 aromatic heterocycles. The second kappa shape index (κ2) is 9.49. The van der Waals surface area contributed by atoms with Crippen LogP contribution in [-0.2, 0) is 14.8 Å². The number of para-hydroxylation sites is 1. The summed E-state index contributed by atoms with van der Waals surface area (Å²) in [4.78, 5) is 21.4. The van der Waals surface area contributed by atoms with Crippen molar-refractivity contribution in [3.05, 3.63) is 73.1 Å². The van der Waals surface area contributed by atoms with Crippen molar-refractivity contribution in [3.63, 3.8) is 0 Å². The highest BCUT2D eigenvalue weighted by Crippen LogP contribution is 2.32. The summed E-state index contributed by atoms with van der Waals surface area (Å²) in [6.45, 7) is 0.574.